The second-order valence-electron chi connectivity index (χ2n) is 5.99. The molecule has 3 nitrogen and oxygen atoms in total. The quantitative estimate of drug-likeness (QED) is 0.783. The normalized spacial score (nSPS) is 15.6. The number of carbonyl (C=O) groups excluding carboxylic acids is 1. The van der Waals surface area contributed by atoms with Gasteiger partial charge in [0, 0.05) is 35.4 Å². The molecule has 0 spiro atoms. The number of piperidine rings is 1. The minimum Gasteiger partial charge on any atom is -0.382 e. The van der Waals surface area contributed by atoms with Crippen LogP contribution >= 0.6 is 15.9 Å². The van der Waals surface area contributed by atoms with E-state index >= 15 is 0 Å². The number of likely N-dealkylation sites (tertiary alicyclic amines) is 1. The number of carbonyl (C=O) groups is 1. The van der Waals surface area contributed by atoms with Crippen molar-refractivity contribution in [1.82, 2.24) is 4.90 Å². The number of para-hydroxylation sites is 1. The van der Waals surface area contributed by atoms with E-state index < -0.39 is 0 Å². The van der Waals surface area contributed by atoms with Crippen molar-refractivity contribution in [1.29, 1.82) is 0 Å². The third-order valence-corrected chi connectivity index (χ3v) is 4.77. The Morgan fingerprint density at radius 1 is 1.04 bits per heavy atom. The molecule has 0 bridgehead atoms. The van der Waals surface area contributed by atoms with E-state index in [2.05, 4.69) is 33.4 Å². The largest absolute Gasteiger partial charge is 0.382 e. The molecule has 0 unspecified atom stereocenters. The first-order chi connectivity index (χ1) is 11.7. The first-order valence-electron chi connectivity index (χ1n) is 8.25. The number of hydrogen-bond acceptors (Lipinski definition) is 2. The first-order valence-corrected chi connectivity index (χ1v) is 9.04. The van der Waals surface area contributed by atoms with E-state index in [4.69, 9.17) is 0 Å². The molecule has 24 heavy (non-hydrogen) atoms. The number of anilines is 1. The van der Waals surface area contributed by atoms with Crippen LogP contribution in [-0.2, 0) is 4.79 Å². The molecule has 1 saturated heterocycles. The molecule has 0 aromatic heterocycles. The standard InChI is InChI=1S/C20H21BrN2O/c21-17-9-6-16(7-10-17)8-11-20(24)23-14-12-19(13-15-23)22-18-4-2-1-3-5-18/h1-11,19,22H,12-15H2/b11-8+. The van der Waals surface area contributed by atoms with Crippen LogP contribution in [-0.4, -0.2) is 29.9 Å². The lowest BCUT2D eigenvalue weighted by molar-refractivity contribution is -0.126. The van der Waals surface area contributed by atoms with Crippen molar-refractivity contribution < 1.29 is 4.79 Å². The van der Waals surface area contributed by atoms with E-state index in [0.29, 0.717) is 6.04 Å². The van der Waals surface area contributed by atoms with Crippen molar-refractivity contribution in [2.24, 2.45) is 0 Å². The van der Waals surface area contributed by atoms with Crippen molar-refractivity contribution in [3.8, 4) is 0 Å². The molecule has 4 heteroatoms. The lowest BCUT2D eigenvalue weighted by atomic mass is 10.0. The fourth-order valence-corrected chi connectivity index (χ4v) is 3.13. The molecule has 2 aromatic carbocycles. The Bertz CT molecular complexity index is 689. The Hall–Kier alpha value is -2.07. The fraction of sp³-hybridized carbons (Fsp3) is 0.250. The molecule has 1 N–H and O–H groups in total. The van der Waals surface area contributed by atoms with Crippen LogP contribution in [0.4, 0.5) is 5.69 Å². The van der Waals surface area contributed by atoms with Gasteiger partial charge in [-0.1, -0.05) is 46.3 Å². The van der Waals surface area contributed by atoms with E-state index in [1.807, 2.05) is 53.4 Å². The van der Waals surface area contributed by atoms with Crippen molar-refractivity contribution >= 4 is 33.6 Å². The van der Waals surface area contributed by atoms with Gasteiger partial charge in [0.1, 0.15) is 0 Å². The molecule has 3 rings (SSSR count). The summed E-state index contributed by atoms with van der Waals surface area (Å²) in [4.78, 5) is 14.2. The number of benzene rings is 2. The van der Waals surface area contributed by atoms with E-state index in [1.54, 1.807) is 6.08 Å². The van der Waals surface area contributed by atoms with Gasteiger partial charge in [-0.2, -0.15) is 0 Å². The lowest BCUT2D eigenvalue weighted by Crippen LogP contribution is -2.41. The van der Waals surface area contributed by atoms with Gasteiger partial charge in [-0.15, -0.1) is 0 Å². The van der Waals surface area contributed by atoms with Gasteiger partial charge in [-0.3, -0.25) is 4.79 Å². The summed E-state index contributed by atoms with van der Waals surface area (Å²) >= 11 is 3.41. The van der Waals surface area contributed by atoms with Gasteiger partial charge in [0.25, 0.3) is 0 Å². The SMILES string of the molecule is O=C(/C=C/c1ccc(Br)cc1)N1CCC(Nc2ccccc2)CC1. The predicted molar refractivity (Wildman–Crippen MR) is 103 cm³/mol. The van der Waals surface area contributed by atoms with Gasteiger partial charge in [0.15, 0.2) is 0 Å². The Morgan fingerprint density at radius 2 is 1.71 bits per heavy atom. The molecule has 1 aliphatic rings. The van der Waals surface area contributed by atoms with Gasteiger partial charge in [0.2, 0.25) is 5.91 Å². The molecule has 0 saturated carbocycles. The highest BCUT2D eigenvalue weighted by atomic mass is 79.9. The van der Waals surface area contributed by atoms with Gasteiger partial charge in [0.05, 0.1) is 0 Å². The fourth-order valence-electron chi connectivity index (χ4n) is 2.86. The van der Waals surface area contributed by atoms with E-state index in [-0.39, 0.29) is 5.91 Å². The van der Waals surface area contributed by atoms with Crippen LogP contribution in [0.25, 0.3) is 6.08 Å². The van der Waals surface area contributed by atoms with E-state index in [1.165, 1.54) is 0 Å². The Balaban J connectivity index is 1.49. The topological polar surface area (TPSA) is 32.3 Å². The minimum absolute atomic E-state index is 0.0936. The first kappa shape index (κ1) is 16.8. The summed E-state index contributed by atoms with van der Waals surface area (Å²) in [5.74, 6) is 0.0936. The van der Waals surface area contributed by atoms with Crippen molar-refractivity contribution in [2.75, 3.05) is 18.4 Å². The van der Waals surface area contributed by atoms with Gasteiger partial charge in [-0.05, 0) is 48.7 Å². The molecule has 1 aliphatic heterocycles. The highest BCUT2D eigenvalue weighted by Gasteiger charge is 2.21. The summed E-state index contributed by atoms with van der Waals surface area (Å²) in [5, 5.41) is 3.54. The van der Waals surface area contributed by atoms with Crippen LogP contribution in [0.5, 0.6) is 0 Å². The predicted octanol–water partition coefficient (Wildman–Crippen LogP) is 4.57. The van der Waals surface area contributed by atoms with Crippen LogP contribution < -0.4 is 5.32 Å². The van der Waals surface area contributed by atoms with Crippen LogP contribution in [0.1, 0.15) is 18.4 Å². The van der Waals surface area contributed by atoms with E-state index in [9.17, 15) is 4.79 Å². The number of nitrogens with one attached hydrogen (secondary N) is 1. The van der Waals surface area contributed by atoms with Crippen molar-refractivity contribution in [3.63, 3.8) is 0 Å². The van der Waals surface area contributed by atoms with Crippen LogP contribution in [0, 0.1) is 0 Å². The third-order valence-electron chi connectivity index (χ3n) is 4.24. The molecule has 1 amide bonds. The van der Waals surface area contributed by atoms with Crippen LogP contribution in [0.2, 0.25) is 0 Å². The zero-order valence-corrected chi connectivity index (χ0v) is 15.1. The van der Waals surface area contributed by atoms with Crippen LogP contribution in [0.15, 0.2) is 65.1 Å². The number of rotatable bonds is 4. The smallest absolute Gasteiger partial charge is 0.246 e. The van der Waals surface area contributed by atoms with Gasteiger partial charge >= 0.3 is 0 Å². The summed E-state index contributed by atoms with van der Waals surface area (Å²) in [6, 6.07) is 18.6. The van der Waals surface area contributed by atoms with Crippen LogP contribution in [0.3, 0.4) is 0 Å². The molecule has 1 fully saturated rings. The highest BCUT2D eigenvalue weighted by molar-refractivity contribution is 9.10. The van der Waals surface area contributed by atoms with Gasteiger partial charge in [-0.25, -0.2) is 0 Å². The molecule has 124 valence electrons. The number of hydrogen-bond donors (Lipinski definition) is 1. The zero-order valence-electron chi connectivity index (χ0n) is 13.5. The maximum absolute atomic E-state index is 12.3. The Labute approximate surface area is 151 Å². The second-order valence-corrected chi connectivity index (χ2v) is 6.91. The summed E-state index contributed by atoms with van der Waals surface area (Å²) in [7, 11) is 0. The number of halogens is 1. The number of amides is 1. The maximum atomic E-state index is 12.3. The minimum atomic E-state index is 0.0936. The molecular formula is C20H21BrN2O. The Kier molecular flexibility index (Phi) is 5.70. The average molecular weight is 385 g/mol. The molecule has 0 aliphatic carbocycles. The monoisotopic (exact) mass is 384 g/mol. The van der Waals surface area contributed by atoms with Crippen molar-refractivity contribution in [3.05, 3.63) is 70.7 Å². The molecule has 1 heterocycles. The molecule has 0 radical (unpaired) electrons. The summed E-state index contributed by atoms with van der Waals surface area (Å²) in [6.45, 7) is 1.60. The highest BCUT2D eigenvalue weighted by Crippen LogP contribution is 2.17. The zero-order chi connectivity index (χ0) is 16.8. The van der Waals surface area contributed by atoms with E-state index in [0.717, 1.165) is 41.7 Å². The lowest BCUT2D eigenvalue weighted by Gasteiger charge is -2.32. The summed E-state index contributed by atoms with van der Waals surface area (Å²) < 4.78 is 1.04. The van der Waals surface area contributed by atoms with Gasteiger partial charge < -0.3 is 10.2 Å². The maximum Gasteiger partial charge on any atom is 0.246 e. The third kappa shape index (κ3) is 4.71. The molecule has 0 atom stereocenters. The second kappa shape index (κ2) is 8.15. The molecular weight excluding hydrogens is 364 g/mol. The Morgan fingerprint density at radius 3 is 2.38 bits per heavy atom. The molecule has 2 aromatic rings. The number of nitrogens with zero attached hydrogens (tertiary/aromatic N) is 1. The summed E-state index contributed by atoms with van der Waals surface area (Å²) in [6.07, 6.45) is 5.51. The summed E-state index contributed by atoms with van der Waals surface area (Å²) in [5.41, 5.74) is 2.18. The van der Waals surface area contributed by atoms with Crippen molar-refractivity contribution in [2.45, 2.75) is 18.9 Å². The average Bonchev–Trinajstić information content (AvgIpc) is 2.62.